The van der Waals surface area contributed by atoms with Crippen molar-refractivity contribution in [3.63, 3.8) is 0 Å². The highest BCUT2D eigenvalue weighted by Crippen LogP contribution is 2.23. The van der Waals surface area contributed by atoms with Crippen LogP contribution in [-0.2, 0) is 16.4 Å². The van der Waals surface area contributed by atoms with Crippen LogP contribution in [-0.4, -0.2) is 17.8 Å². The van der Waals surface area contributed by atoms with Crippen molar-refractivity contribution in [1.29, 1.82) is 0 Å². The van der Waals surface area contributed by atoms with Gasteiger partial charge in [0.1, 0.15) is 5.65 Å². The van der Waals surface area contributed by atoms with Crippen LogP contribution >= 0.6 is 0 Å². The molecule has 6 heteroatoms. The van der Waals surface area contributed by atoms with Gasteiger partial charge in [-0.05, 0) is 60.9 Å². The highest BCUT2D eigenvalue weighted by atomic mass is 32.2. The summed E-state index contributed by atoms with van der Waals surface area (Å²) in [6, 6.07) is 18.2. The number of aromatic nitrogens is 2. The number of hydrogen-bond acceptors (Lipinski definition) is 3. The summed E-state index contributed by atoms with van der Waals surface area (Å²) >= 11 is 0. The van der Waals surface area contributed by atoms with E-state index >= 15 is 0 Å². The van der Waals surface area contributed by atoms with Gasteiger partial charge in [0.25, 0.3) is 10.0 Å². The quantitative estimate of drug-likeness (QED) is 0.538. The summed E-state index contributed by atoms with van der Waals surface area (Å²) < 4.78 is 29.8. The third-order valence-electron chi connectivity index (χ3n) is 4.69. The van der Waals surface area contributed by atoms with Gasteiger partial charge in [-0.25, -0.2) is 13.4 Å². The van der Waals surface area contributed by atoms with Crippen molar-refractivity contribution in [2.24, 2.45) is 0 Å². The second-order valence-corrected chi connectivity index (χ2v) is 8.46. The van der Waals surface area contributed by atoms with Gasteiger partial charge in [-0.2, -0.15) is 0 Å². The number of rotatable bonds is 5. The number of aryl methyl sites for hydroxylation is 2. The van der Waals surface area contributed by atoms with E-state index in [-0.39, 0.29) is 4.90 Å². The van der Waals surface area contributed by atoms with E-state index in [1.54, 1.807) is 24.3 Å². The predicted molar refractivity (Wildman–Crippen MR) is 112 cm³/mol. The molecule has 5 nitrogen and oxygen atoms in total. The fraction of sp³-hybridized carbons (Fsp3) is 0.136. The molecule has 0 saturated heterocycles. The molecule has 28 heavy (non-hydrogen) atoms. The zero-order chi connectivity index (χ0) is 19.7. The molecule has 0 atom stereocenters. The van der Waals surface area contributed by atoms with Crippen LogP contribution in [0, 0.1) is 6.92 Å². The first kappa shape index (κ1) is 18.3. The van der Waals surface area contributed by atoms with Crippen LogP contribution in [0.4, 0.5) is 5.69 Å². The van der Waals surface area contributed by atoms with Gasteiger partial charge in [0.15, 0.2) is 0 Å². The van der Waals surface area contributed by atoms with Gasteiger partial charge >= 0.3 is 0 Å². The summed E-state index contributed by atoms with van der Waals surface area (Å²) in [5, 5.41) is 0. The molecule has 0 bridgehead atoms. The van der Waals surface area contributed by atoms with Crippen LogP contribution in [0.2, 0.25) is 0 Å². The third-order valence-corrected chi connectivity index (χ3v) is 6.09. The average molecular weight is 391 g/mol. The van der Waals surface area contributed by atoms with Crippen molar-refractivity contribution in [1.82, 2.24) is 9.38 Å². The molecule has 4 rings (SSSR count). The minimum Gasteiger partial charge on any atom is -0.306 e. The molecule has 2 aromatic carbocycles. The van der Waals surface area contributed by atoms with E-state index in [0.29, 0.717) is 5.69 Å². The molecule has 0 aliphatic rings. The molecule has 1 N–H and O–H groups in total. The number of pyridine rings is 1. The van der Waals surface area contributed by atoms with E-state index in [9.17, 15) is 8.42 Å². The van der Waals surface area contributed by atoms with Crippen LogP contribution in [0.1, 0.15) is 18.1 Å². The molecule has 0 amide bonds. The van der Waals surface area contributed by atoms with E-state index in [1.807, 2.05) is 67.0 Å². The average Bonchev–Trinajstić information content (AvgIpc) is 3.11. The van der Waals surface area contributed by atoms with E-state index in [4.69, 9.17) is 0 Å². The maximum atomic E-state index is 12.6. The first-order valence-corrected chi connectivity index (χ1v) is 10.6. The van der Waals surface area contributed by atoms with E-state index in [2.05, 4.69) is 9.71 Å². The lowest BCUT2D eigenvalue weighted by Gasteiger charge is -2.09. The molecule has 0 unspecified atom stereocenters. The number of imidazole rings is 1. The third kappa shape index (κ3) is 3.64. The molecule has 142 valence electrons. The number of sulfonamides is 1. The number of hydrogen-bond donors (Lipinski definition) is 1. The van der Waals surface area contributed by atoms with Gasteiger partial charge in [-0.1, -0.05) is 31.2 Å². The second-order valence-electron chi connectivity index (χ2n) is 6.78. The first-order chi connectivity index (χ1) is 13.4. The van der Waals surface area contributed by atoms with Crippen molar-refractivity contribution in [3.05, 3.63) is 84.2 Å². The lowest BCUT2D eigenvalue weighted by molar-refractivity contribution is 0.601. The Morgan fingerprint density at radius 3 is 2.39 bits per heavy atom. The fourth-order valence-electron chi connectivity index (χ4n) is 3.05. The molecule has 0 fully saturated rings. The zero-order valence-corrected chi connectivity index (χ0v) is 16.6. The van der Waals surface area contributed by atoms with Gasteiger partial charge in [0.05, 0.1) is 10.6 Å². The van der Waals surface area contributed by atoms with Gasteiger partial charge in [0, 0.05) is 23.6 Å². The van der Waals surface area contributed by atoms with Gasteiger partial charge in [0.2, 0.25) is 0 Å². The maximum absolute atomic E-state index is 12.6. The Morgan fingerprint density at radius 1 is 1.00 bits per heavy atom. The minimum atomic E-state index is -3.61. The molecule has 0 saturated carbocycles. The first-order valence-electron chi connectivity index (χ1n) is 9.12. The van der Waals surface area contributed by atoms with Gasteiger partial charge < -0.3 is 4.40 Å². The summed E-state index contributed by atoms with van der Waals surface area (Å²) in [7, 11) is -3.61. The number of nitrogens with zero attached hydrogens (tertiary/aromatic N) is 2. The Hall–Kier alpha value is -3.12. The molecule has 0 aliphatic heterocycles. The zero-order valence-electron chi connectivity index (χ0n) is 15.8. The molecule has 4 aromatic rings. The minimum absolute atomic E-state index is 0.254. The molecular formula is C22H21N3O2S. The van der Waals surface area contributed by atoms with Gasteiger partial charge in [-0.15, -0.1) is 0 Å². The highest BCUT2D eigenvalue weighted by Gasteiger charge is 2.14. The largest absolute Gasteiger partial charge is 0.306 e. The smallest absolute Gasteiger partial charge is 0.261 e. The topological polar surface area (TPSA) is 63.5 Å². The van der Waals surface area contributed by atoms with Crippen LogP contribution < -0.4 is 4.72 Å². The van der Waals surface area contributed by atoms with Crippen LogP contribution in [0.5, 0.6) is 0 Å². The van der Waals surface area contributed by atoms with Crippen LogP contribution in [0.15, 0.2) is 78.0 Å². The maximum Gasteiger partial charge on any atom is 0.261 e. The standard InChI is InChI=1S/C22H21N3O2S/c1-3-17-4-10-20(11-5-17)28(26,27)24-19-8-6-18(7-9-19)21-15-25-13-12-16(2)14-22(25)23-21/h4-15,24H,3H2,1-2H3. The Kier molecular flexibility index (Phi) is 4.65. The number of benzene rings is 2. The summed E-state index contributed by atoms with van der Waals surface area (Å²) in [5.41, 5.74) is 5.43. The molecule has 0 spiro atoms. The normalized spacial score (nSPS) is 11.6. The van der Waals surface area contributed by atoms with E-state index in [1.165, 1.54) is 0 Å². The number of nitrogens with one attached hydrogen (secondary N) is 1. The van der Waals surface area contributed by atoms with Crippen molar-refractivity contribution in [2.75, 3.05) is 4.72 Å². The predicted octanol–water partition coefficient (Wildman–Crippen LogP) is 4.67. The second kappa shape index (κ2) is 7.13. The number of fused-ring (bicyclic) bond motifs is 1. The Balaban J connectivity index is 1.56. The van der Waals surface area contributed by atoms with Crippen LogP contribution in [0.25, 0.3) is 16.9 Å². The SMILES string of the molecule is CCc1ccc(S(=O)(=O)Nc2ccc(-c3cn4ccc(C)cc4n3)cc2)cc1. The lowest BCUT2D eigenvalue weighted by Crippen LogP contribution is -2.12. The van der Waals surface area contributed by atoms with Crippen molar-refractivity contribution >= 4 is 21.4 Å². The summed E-state index contributed by atoms with van der Waals surface area (Å²) in [6.07, 6.45) is 4.81. The summed E-state index contributed by atoms with van der Waals surface area (Å²) in [5.74, 6) is 0. The highest BCUT2D eigenvalue weighted by molar-refractivity contribution is 7.92. The summed E-state index contributed by atoms with van der Waals surface area (Å²) in [6.45, 7) is 4.07. The van der Waals surface area contributed by atoms with Crippen LogP contribution in [0.3, 0.4) is 0 Å². The molecule has 0 aliphatic carbocycles. The fourth-order valence-corrected chi connectivity index (χ4v) is 4.11. The molecule has 2 aromatic heterocycles. The molecule has 2 heterocycles. The van der Waals surface area contributed by atoms with Crippen molar-refractivity contribution in [3.8, 4) is 11.3 Å². The van der Waals surface area contributed by atoms with E-state index < -0.39 is 10.0 Å². The monoisotopic (exact) mass is 391 g/mol. The lowest BCUT2D eigenvalue weighted by atomic mass is 10.1. The molecule has 0 radical (unpaired) electrons. The van der Waals surface area contributed by atoms with Crippen molar-refractivity contribution < 1.29 is 8.42 Å². The van der Waals surface area contributed by atoms with Gasteiger partial charge in [-0.3, -0.25) is 4.72 Å². The number of anilines is 1. The Morgan fingerprint density at radius 2 is 1.71 bits per heavy atom. The van der Waals surface area contributed by atoms with E-state index in [0.717, 1.165) is 34.5 Å². The molecular weight excluding hydrogens is 370 g/mol. The summed E-state index contributed by atoms with van der Waals surface area (Å²) in [4.78, 5) is 4.89. The Labute approximate surface area is 164 Å². The van der Waals surface area contributed by atoms with Crippen molar-refractivity contribution in [2.45, 2.75) is 25.2 Å². The Bertz CT molecular complexity index is 1230.